The molecule has 0 bridgehead atoms. The third-order valence-electron chi connectivity index (χ3n) is 5.10. The van der Waals surface area contributed by atoms with Gasteiger partial charge in [0.2, 0.25) is 0 Å². The van der Waals surface area contributed by atoms with Crippen molar-refractivity contribution in [2.24, 2.45) is 0 Å². The summed E-state index contributed by atoms with van der Waals surface area (Å²) in [5.41, 5.74) is 3.72. The van der Waals surface area contributed by atoms with Crippen molar-refractivity contribution in [1.82, 2.24) is 14.8 Å². The molecule has 1 aromatic carbocycles. The molecule has 25 heavy (non-hydrogen) atoms. The zero-order chi connectivity index (χ0) is 17.8. The number of pyridine rings is 1. The Morgan fingerprint density at radius 3 is 2.60 bits per heavy atom. The molecule has 4 nitrogen and oxygen atoms in total. The second kappa shape index (κ2) is 7.79. The summed E-state index contributed by atoms with van der Waals surface area (Å²) in [5, 5.41) is 0. The molecule has 0 spiro atoms. The minimum Gasteiger partial charge on any atom is -0.339 e. The molecule has 0 aliphatic carbocycles. The molecule has 1 aliphatic rings. The summed E-state index contributed by atoms with van der Waals surface area (Å²) in [5.74, 6) is 0.105. The predicted octanol–water partition coefficient (Wildman–Crippen LogP) is 4.00. The monoisotopic (exact) mass is 337 g/mol. The first-order valence-corrected chi connectivity index (χ1v) is 9.09. The molecular weight excluding hydrogens is 310 g/mol. The van der Waals surface area contributed by atoms with Crippen LogP contribution in [0.25, 0.3) is 11.3 Å². The second-order valence-corrected chi connectivity index (χ2v) is 7.02. The molecule has 0 radical (unpaired) electrons. The molecule has 132 valence electrons. The molecule has 1 aromatic heterocycles. The van der Waals surface area contributed by atoms with Crippen LogP contribution in [0.3, 0.4) is 0 Å². The first-order chi connectivity index (χ1) is 12.1. The average molecular weight is 337 g/mol. The quantitative estimate of drug-likeness (QED) is 0.846. The van der Waals surface area contributed by atoms with E-state index in [1.165, 1.54) is 12.0 Å². The summed E-state index contributed by atoms with van der Waals surface area (Å²) in [6.07, 6.45) is 5.17. The Bertz CT molecular complexity index is 735. The Hall–Kier alpha value is -2.20. The number of aromatic nitrogens is 1. The van der Waals surface area contributed by atoms with Gasteiger partial charge < -0.3 is 9.80 Å². The Labute approximate surface area is 150 Å². The van der Waals surface area contributed by atoms with Crippen molar-refractivity contribution in [1.29, 1.82) is 0 Å². The van der Waals surface area contributed by atoms with Crippen LogP contribution in [0.15, 0.2) is 42.6 Å². The van der Waals surface area contributed by atoms with Gasteiger partial charge in [-0.25, -0.2) is 0 Å². The van der Waals surface area contributed by atoms with Crippen LogP contribution < -0.4 is 0 Å². The Morgan fingerprint density at radius 2 is 1.88 bits per heavy atom. The third kappa shape index (κ3) is 3.90. The van der Waals surface area contributed by atoms with Gasteiger partial charge in [0.25, 0.3) is 5.91 Å². The fourth-order valence-corrected chi connectivity index (χ4v) is 3.32. The zero-order valence-electron chi connectivity index (χ0n) is 15.4. The number of carbonyl (C=O) groups is 1. The number of likely N-dealkylation sites (tertiary alicyclic amines) is 1. The topological polar surface area (TPSA) is 36.4 Å². The largest absolute Gasteiger partial charge is 0.339 e. The molecule has 1 amide bonds. The Morgan fingerprint density at radius 1 is 1.12 bits per heavy atom. The van der Waals surface area contributed by atoms with Gasteiger partial charge in [-0.05, 0) is 64.0 Å². The van der Waals surface area contributed by atoms with E-state index in [1.54, 1.807) is 6.20 Å². The van der Waals surface area contributed by atoms with Gasteiger partial charge in [-0.3, -0.25) is 9.78 Å². The maximum atomic E-state index is 13.0. The van der Waals surface area contributed by atoms with E-state index in [0.717, 1.165) is 37.2 Å². The van der Waals surface area contributed by atoms with Gasteiger partial charge in [0.05, 0.1) is 11.3 Å². The van der Waals surface area contributed by atoms with E-state index < -0.39 is 0 Å². The second-order valence-electron chi connectivity index (χ2n) is 7.02. The van der Waals surface area contributed by atoms with E-state index in [2.05, 4.69) is 49.1 Å². The van der Waals surface area contributed by atoms with Crippen molar-refractivity contribution in [2.75, 3.05) is 27.2 Å². The summed E-state index contributed by atoms with van der Waals surface area (Å²) in [4.78, 5) is 21.7. The SMILES string of the molecule is CC(c1cccc(-c2ncccc2C(=O)N2CCCCC2)c1)N(C)C. The molecule has 1 fully saturated rings. The number of benzene rings is 1. The summed E-state index contributed by atoms with van der Waals surface area (Å²) in [7, 11) is 4.15. The van der Waals surface area contributed by atoms with Crippen LogP contribution in [0.2, 0.25) is 0 Å². The Balaban J connectivity index is 1.95. The van der Waals surface area contributed by atoms with Gasteiger partial charge in [-0.1, -0.05) is 18.2 Å². The summed E-state index contributed by atoms with van der Waals surface area (Å²) in [6, 6.07) is 12.4. The van der Waals surface area contributed by atoms with E-state index in [-0.39, 0.29) is 5.91 Å². The van der Waals surface area contributed by atoms with Crippen LogP contribution in [0.1, 0.15) is 48.1 Å². The van der Waals surface area contributed by atoms with Crippen molar-refractivity contribution in [3.05, 3.63) is 53.7 Å². The maximum absolute atomic E-state index is 13.0. The summed E-state index contributed by atoms with van der Waals surface area (Å²) < 4.78 is 0. The molecular formula is C21H27N3O. The third-order valence-corrected chi connectivity index (χ3v) is 5.10. The fraction of sp³-hybridized carbons (Fsp3) is 0.429. The van der Waals surface area contributed by atoms with Gasteiger partial charge in [0.15, 0.2) is 0 Å². The van der Waals surface area contributed by atoms with Gasteiger partial charge in [-0.15, -0.1) is 0 Å². The van der Waals surface area contributed by atoms with Gasteiger partial charge in [0, 0.05) is 30.9 Å². The molecule has 2 aromatic rings. The molecule has 0 N–H and O–H groups in total. The van der Waals surface area contributed by atoms with Crippen molar-refractivity contribution in [3.63, 3.8) is 0 Å². The van der Waals surface area contributed by atoms with Crippen molar-refractivity contribution in [2.45, 2.75) is 32.2 Å². The number of amides is 1. The summed E-state index contributed by atoms with van der Waals surface area (Å²) in [6.45, 7) is 3.88. The number of nitrogens with zero attached hydrogens (tertiary/aromatic N) is 3. The lowest BCUT2D eigenvalue weighted by Crippen LogP contribution is -2.35. The van der Waals surface area contributed by atoms with E-state index in [9.17, 15) is 4.79 Å². The lowest BCUT2D eigenvalue weighted by Gasteiger charge is -2.27. The van der Waals surface area contributed by atoms with E-state index >= 15 is 0 Å². The number of hydrogen-bond donors (Lipinski definition) is 0. The van der Waals surface area contributed by atoms with Gasteiger partial charge in [-0.2, -0.15) is 0 Å². The van der Waals surface area contributed by atoms with E-state index in [0.29, 0.717) is 11.6 Å². The van der Waals surface area contributed by atoms with E-state index in [1.807, 2.05) is 23.1 Å². The smallest absolute Gasteiger partial charge is 0.256 e. The first kappa shape index (κ1) is 17.6. The predicted molar refractivity (Wildman–Crippen MR) is 102 cm³/mol. The van der Waals surface area contributed by atoms with Crippen LogP contribution >= 0.6 is 0 Å². The first-order valence-electron chi connectivity index (χ1n) is 9.09. The highest BCUT2D eigenvalue weighted by molar-refractivity contribution is 6.00. The number of hydrogen-bond acceptors (Lipinski definition) is 3. The van der Waals surface area contributed by atoms with Crippen molar-refractivity contribution in [3.8, 4) is 11.3 Å². The van der Waals surface area contributed by atoms with Crippen LogP contribution in [0.4, 0.5) is 0 Å². The average Bonchev–Trinajstić information content (AvgIpc) is 2.67. The molecule has 1 aliphatic heterocycles. The molecule has 0 saturated carbocycles. The van der Waals surface area contributed by atoms with Crippen LogP contribution in [0.5, 0.6) is 0 Å². The highest BCUT2D eigenvalue weighted by atomic mass is 16.2. The lowest BCUT2D eigenvalue weighted by atomic mass is 9.99. The summed E-state index contributed by atoms with van der Waals surface area (Å²) >= 11 is 0. The minimum absolute atomic E-state index is 0.105. The minimum atomic E-state index is 0.105. The van der Waals surface area contributed by atoms with Gasteiger partial charge >= 0.3 is 0 Å². The van der Waals surface area contributed by atoms with E-state index in [4.69, 9.17) is 0 Å². The highest BCUT2D eigenvalue weighted by Crippen LogP contribution is 2.27. The number of piperidine rings is 1. The molecule has 4 heteroatoms. The fourth-order valence-electron chi connectivity index (χ4n) is 3.32. The molecule has 1 saturated heterocycles. The highest BCUT2D eigenvalue weighted by Gasteiger charge is 2.22. The standard InChI is InChI=1S/C21H27N3O/c1-16(23(2)3)17-9-7-10-18(15-17)20-19(11-8-12-22-20)21(25)24-13-5-4-6-14-24/h7-12,15-16H,4-6,13-14H2,1-3H3. The van der Waals surface area contributed by atoms with Crippen LogP contribution in [-0.2, 0) is 0 Å². The Kier molecular flexibility index (Phi) is 5.49. The maximum Gasteiger partial charge on any atom is 0.256 e. The molecule has 1 atom stereocenters. The zero-order valence-corrected chi connectivity index (χ0v) is 15.4. The normalized spacial score (nSPS) is 16.1. The number of rotatable bonds is 4. The van der Waals surface area contributed by atoms with Crippen LogP contribution in [0, 0.1) is 0 Å². The van der Waals surface area contributed by atoms with Gasteiger partial charge in [0.1, 0.15) is 0 Å². The molecule has 3 rings (SSSR count). The molecule has 2 heterocycles. The van der Waals surface area contributed by atoms with Crippen molar-refractivity contribution >= 4 is 5.91 Å². The van der Waals surface area contributed by atoms with Crippen LogP contribution in [-0.4, -0.2) is 47.9 Å². The molecule has 1 unspecified atom stereocenters. The van der Waals surface area contributed by atoms with Crippen molar-refractivity contribution < 1.29 is 4.79 Å². The number of carbonyl (C=O) groups excluding carboxylic acids is 1. The lowest BCUT2D eigenvalue weighted by molar-refractivity contribution is 0.0725.